The van der Waals surface area contributed by atoms with Crippen molar-refractivity contribution in [2.24, 2.45) is 17.2 Å². The monoisotopic (exact) mass is 518 g/mol. The van der Waals surface area contributed by atoms with Gasteiger partial charge in [0.1, 0.15) is 18.1 Å². The van der Waals surface area contributed by atoms with Gasteiger partial charge in [-0.15, -0.1) is 0 Å². The lowest BCUT2D eigenvalue weighted by Gasteiger charge is -2.04. The molecule has 36 heavy (non-hydrogen) atoms. The molecule has 0 aliphatic heterocycles. The second kappa shape index (κ2) is 16.3. The molecule has 0 bridgehead atoms. The second-order valence-electron chi connectivity index (χ2n) is 7.87. The molecule has 0 aliphatic carbocycles. The summed E-state index contributed by atoms with van der Waals surface area (Å²) in [7, 11) is 0. The van der Waals surface area contributed by atoms with Crippen LogP contribution >= 0.6 is 11.8 Å². The molecule has 3 atom stereocenters. The number of aromatic nitrogens is 1. The van der Waals surface area contributed by atoms with Crippen molar-refractivity contribution >= 4 is 40.6 Å². The normalized spacial score (nSPS) is 12.8. The van der Waals surface area contributed by atoms with Crippen molar-refractivity contribution in [3.63, 3.8) is 0 Å². The summed E-state index contributed by atoms with van der Waals surface area (Å²) in [4.78, 5) is 34.2. The van der Waals surface area contributed by atoms with E-state index in [2.05, 4.69) is 4.98 Å². The first-order valence-corrected chi connectivity index (χ1v) is 12.5. The topological polar surface area (TPSA) is 206 Å². The van der Waals surface area contributed by atoms with E-state index < -0.39 is 36.0 Å². The average Bonchev–Trinajstić information content (AvgIpc) is 3.26. The number of rotatable bonds is 10. The molecule has 0 amide bonds. The van der Waals surface area contributed by atoms with Gasteiger partial charge in [-0.1, -0.05) is 48.5 Å². The van der Waals surface area contributed by atoms with Crippen LogP contribution in [0.4, 0.5) is 0 Å². The van der Waals surface area contributed by atoms with Crippen LogP contribution in [-0.4, -0.2) is 68.3 Å². The lowest BCUT2D eigenvalue weighted by Crippen LogP contribution is -2.32. The number of aliphatic carboxylic acids is 3. The highest BCUT2D eigenvalue weighted by molar-refractivity contribution is 7.98. The van der Waals surface area contributed by atoms with E-state index in [4.69, 9.17) is 32.5 Å². The van der Waals surface area contributed by atoms with Crippen molar-refractivity contribution in [1.29, 1.82) is 0 Å². The number of hydrogen-bond acceptors (Lipinski definition) is 7. The Bertz CT molecular complexity index is 1090. The first kappa shape index (κ1) is 30.7. The predicted molar refractivity (Wildman–Crippen MR) is 142 cm³/mol. The van der Waals surface area contributed by atoms with Crippen LogP contribution in [0.5, 0.6) is 0 Å². The third-order valence-electron chi connectivity index (χ3n) is 5.00. The first-order chi connectivity index (χ1) is 17.1. The fourth-order valence-electron chi connectivity index (χ4n) is 2.95. The van der Waals surface area contributed by atoms with Gasteiger partial charge in [0, 0.05) is 23.5 Å². The van der Waals surface area contributed by atoms with Crippen molar-refractivity contribution in [2.45, 2.75) is 37.4 Å². The summed E-state index contributed by atoms with van der Waals surface area (Å²) in [5.74, 6) is -2.03. The molecule has 0 spiro atoms. The summed E-state index contributed by atoms with van der Waals surface area (Å²) in [5, 5.41) is 26.5. The highest BCUT2D eigenvalue weighted by atomic mass is 32.2. The third kappa shape index (κ3) is 11.4. The van der Waals surface area contributed by atoms with Crippen LogP contribution < -0.4 is 17.2 Å². The van der Waals surface area contributed by atoms with Crippen molar-refractivity contribution in [3.8, 4) is 0 Å². The van der Waals surface area contributed by atoms with E-state index in [0.29, 0.717) is 19.3 Å². The van der Waals surface area contributed by atoms with E-state index in [-0.39, 0.29) is 0 Å². The van der Waals surface area contributed by atoms with Crippen LogP contribution in [-0.2, 0) is 27.2 Å². The fraction of sp³-hybridized carbons (Fsp3) is 0.320. The molecule has 1 aromatic heterocycles. The van der Waals surface area contributed by atoms with Crippen LogP contribution in [0.15, 0.2) is 60.8 Å². The van der Waals surface area contributed by atoms with Gasteiger partial charge in [-0.2, -0.15) is 11.8 Å². The van der Waals surface area contributed by atoms with E-state index >= 15 is 0 Å². The van der Waals surface area contributed by atoms with Gasteiger partial charge in [0.2, 0.25) is 0 Å². The van der Waals surface area contributed by atoms with E-state index in [1.807, 2.05) is 67.0 Å². The molecule has 3 rings (SSSR count). The molecule has 0 radical (unpaired) electrons. The molecule has 3 unspecified atom stereocenters. The Morgan fingerprint density at radius 1 is 0.806 bits per heavy atom. The molecule has 2 aromatic carbocycles. The number of aromatic amines is 1. The highest BCUT2D eigenvalue weighted by Gasteiger charge is 2.14. The van der Waals surface area contributed by atoms with E-state index in [9.17, 15) is 14.4 Å². The molecule has 3 aromatic rings. The highest BCUT2D eigenvalue weighted by Crippen LogP contribution is 2.18. The van der Waals surface area contributed by atoms with Crippen molar-refractivity contribution in [1.82, 2.24) is 4.98 Å². The minimum absolute atomic E-state index is 0.347. The number of carboxylic acids is 3. The summed E-state index contributed by atoms with van der Waals surface area (Å²) in [5.41, 5.74) is 18.9. The summed E-state index contributed by atoms with van der Waals surface area (Å²) in [6, 6.07) is 14.8. The minimum Gasteiger partial charge on any atom is -0.480 e. The summed E-state index contributed by atoms with van der Waals surface area (Å²) in [6.07, 6.45) is 5.02. The number of para-hydroxylation sites is 1. The summed E-state index contributed by atoms with van der Waals surface area (Å²) < 4.78 is 0. The van der Waals surface area contributed by atoms with Crippen LogP contribution in [0.1, 0.15) is 17.5 Å². The molecule has 10 N–H and O–H groups in total. The smallest absolute Gasteiger partial charge is 0.320 e. The van der Waals surface area contributed by atoms with Crippen molar-refractivity contribution in [3.05, 3.63) is 71.9 Å². The molecule has 196 valence electrons. The van der Waals surface area contributed by atoms with Gasteiger partial charge in [0.25, 0.3) is 0 Å². The van der Waals surface area contributed by atoms with Crippen molar-refractivity contribution in [2.75, 3.05) is 12.0 Å². The molecule has 0 saturated heterocycles. The van der Waals surface area contributed by atoms with Crippen LogP contribution in [0, 0.1) is 0 Å². The third-order valence-corrected chi connectivity index (χ3v) is 5.64. The van der Waals surface area contributed by atoms with Crippen LogP contribution in [0.3, 0.4) is 0 Å². The molecular weight excluding hydrogens is 484 g/mol. The lowest BCUT2D eigenvalue weighted by molar-refractivity contribution is -0.139. The van der Waals surface area contributed by atoms with Gasteiger partial charge in [-0.05, 0) is 42.0 Å². The number of fused-ring (bicyclic) bond motifs is 1. The van der Waals surface area contributed by atoms with Gasteiger partial charge >= 0.3 is 17.9 Å². The SMILES string of the molecule is CSCCC(N)C(=O)O.NC(Cc1c[nH]c2ccccc12)C(=O)O.NC(Cc1ccccc1)C(=O)O. The van der Waals surface area contributed by atoms with Gasteiger partial charge in [-0.3, -0.25) is 14.4 Å². The van der Waals surface area contributed by atoms with Gasteiger partial charge in [0.05, 0.1) is 0 Å². The Kier molecular flexibility index (Phi) is 13.9. The fourth-order valence-corrected chi connectivity index (χ4v) is 3.44. The Hall–Kier alpha value is -3.38. The van der Waals surface area contributed by atoms with Crippen molar-refractivity contribution < 1.29 is 29.7 Å². The largest absolute Gasteiger partial charge is 0.480 e. The minimum atomic E-state index is -0.972. The molecule has 0 aliphatic rings. The molecular formula is C25H34N4O6S. The Balaban J connectivity index is 0.000000280. The van der Waals surface area contributed by atoms with Crippen LogP contribution in [0.25, 0.3) is 10.9 Å². The number of benzene rings is 2. The Labute approximate surface area is 213 Å². The maximum atomic E-state index is 10.6. The lowest BCUT2D eigenvalue weighted by atomic mass is 10.1. The number of carbonyl (C=O) groups is 3. The van der Waals surface area contributed by atoms with Crippen LogP contribution in [0.2, 0.25) is 0 Å². The zero-order valence-electron chi connectivity index (χ0n) is 20.0. The number of nitrogens with two attached hydrogens (primary N) is 3. The summed E-state index contributed by atoms with van der Waals surface area (Å²) in [6.45, 7) is 0. The molecule has 1 heterocycles. The van der Waals surface area contributed by atoms with Gasteiger partial charge in [-0.25, -0.2) is 0 Å². The standard InChI is InChI=1S/C11H12N2O2.C9H11NO2.C5H11NO2S/c12-9(11(14)15)5-7-6-13-10-4-2-1-3-8(7)10;10-8(9(11)12)6-7-4-2-1-3-5-7;1-9-3-2-4(6)5(7)8/h1-4,6,9,13H,5,12H2,(H,14,15);1-5,8H,6,10H2,(H,11,12);4H,2-3,6H2,1H3,(H,7,8). The number of H-pyrrole nitrogens is 1. The molecule has 0 fully saturated rings. The first-order valence-electron chi connectivity index (χ1n) is 11.1. The van der Waals surface area contributed by atoms with Gasteiger partial charge in [0.15, 0.2) is 0 Å². The average molecular weight is 519 g/mol. The number of thioether (sulfide) groups is 1. The maximum Gasteiger partial charge on any atom is 0.320 e. The van der Waals surface area contributed by atoms with E-state index in [0.717, 1.165) is 27.8 Å². The number of carboxylic acid groups (broad SMARTS) is 3. The predicted octanol–water partition coefficient (Wildman–Crippen LogP) is 1.91. The Morgan fingerprint density at radius 2 is 1.33 bits per heavy atom. The second-order valence-corrected chi connectivity index (χ2v) is 8.85. The molecule has 0 saturated carbocycles. The summed E-state index contributed by atoms with van der Waals surface area (Å²) >= 11 is 1.60. The molecule has 11 heteroatoms. The van der Waals surface area contributed by atoms with E-state index in [1.54, 1.807) is 11.8 Å². The Morgan fingerprint density at radius 3 is 1.89 bits per heavy atom. The molecule has 10 nitrogen and oxygen atoms in total. The maximum absolute atomic E-state index is 10.6. The number of nitrogens with one attached hydrogen (secondary N) is 1. The van der Waals surface area contributed by atoms with Gasteiger partial charge < -0.3 is 37.5 Å². The zero-order chi connectivity index (χ0) is 27.1. The quantitative estimate of drug-likeness (QED) is 0.207. The number of hydrogen-bond donors (Lipinski definition) is 7. The van der Waals surface area contributed by atoms with E-state index in [1.165, 1.54) is 0 Å². The zero-order valence-corrected chi connectivity index (χ0v) is 20.9.